The number of rotatable bonds is 8. The van der Waals surface area contributed by atoms with Crippen LogP contribution in [0.3, 0.4) is 0 Å². The maximum atomic E-state index is 13.4. The van der Waals surface area contributed by atoms with E-state index in [-0.39, 0.29) is 24.9 Å². The summed E-state index contributed by atoms with van der Waals surface area (Å²) < 4.78 is 23.4. The molecule has 7 heteroatoms. The molecule has 132 valence electrons. The summed E-state index contributed by atoms with van der Waals surface area (Å²) in [6.07, 6.45) is 0. The van der Waals surface area contributed by atoms with Crippen molar-refractivity contribution in [3.8, 4) is 5.75 Å². The largest absolute Gasteiger partial charge is 0.497 e. The van der Waals surface area contributed by atoms with Crippen molar-refractivity contribution in [2.45, 2.75) is 4.90 Å². The number of methoxy groups -OCH3 is 1. The van der Waals surface area contributed by atoms with E-state index in [0.29, 0.717) is 22.0 Å². The average Bonchev–Trinajstić information content (AvgIpc) is 2.64. The average molecular weight is 363 g/mol. The number of halogens is 1. The molecule has 25 heavy (non-hydrogen) atoms. The molecule has 0 fully saturated rings. The van der Waals surface area contributed by atoms with Crippen LogP contribution in [0.15, 0.2) is 53.4 Å². The van der Waals surface area contributed by atoms with E-state index in [9.17, 15) is 14.0 Å². The van der Waals surface area contributed by atoms with Crippen LogP contribution in [0.4, 0.5) is 4.39 Å². The number of hydrogen-bond donors (Lipinski definition) is 1. The lowest BCUT2D eigenvalue weighted by atomic mass is 10.2. The van der Waals surface area contributed by atoms with Crippen molar-refractivity contribution >= 4 is 23.6 Å². The second-order valence-corrected chi connectivity index (χ2v) is 6.05. The lowest BCUT2D eigenvalue weighted by Crippen LogP contribution is -2.30. The predicted molar refractivity (Wildman–Crippen MR) is 93.4 cm³/mol. The van der Waals surface area contributed by atoms with Gasteiger partial charge in [-0.2, -0.15) is 0 Å². The minimum Gasteiger partial charge on any atom is -0.497 e. The lowest BCUT2D eigenvalue weighted by molar-refractivity contribution is -0.141. The van der Waals surface area contributed by atoms with Crippen LogP contribution in [0.5, 0.6) is 5.75 Å². The molecule has 0 aromatic heterocycles. The third-order valence-electron chi connectivity index (χ3n) is 3.19. The monoisotopic (exact) mass is 363 g/mol. The Kier molecular flexibility index (Phi) is 7.28. The van der Waals surface area contributed by atoms with Gasteiger partial charge in [0.1, 0.15) is 24.7 Å². The summed E-state index contributed by atoms with van der Waals surface area (Å²) in [5.74, 6) is -0.149. The second kappa shape index (κ2) is 9.68. The molecule has 0 saturated heterocycles. The van der Waals surface area contributed by atoms with Gasteiger partial charge in [-0.1, -0.05) is 12.1 Å². The topological polar surface area (TPSA) is 64.6 Å². The summed E-state index contributed by atoms with van der Waals surface area (Å²) in [5.41, 5.74) is 0.420. The van der Waals surface area contributed by atoms with Crippen molar-refractivity contribution in [3.05, 3.63) is 59.9 Å². The van der Waals surface area contributed by atoms with E-state index in [2.05, 4.69) is 5.32 Å². The van der Waals surface area contributed by atoms with Gasteiger partial charge in [-0.15, -0.1) is 11.8 Å². The highest BCUT2D eigenvalue weighted by Crippen LogP contribution is 2.20. The summed E-state index contributed by atoms with van der Waals surface area (Å²) in [5, 5.41) is 2.48. The van der Waals surface area contributed by atoms with Crippen LogP contribution in [-0.2, 0) is 9.53 Å². The van der Waals surface area contributed by atoms with Gasteiger partial charge in [0.25, 0.3) is 5.91 Å². The zero-order valence-electron chi connectivity index (χ0n) is 13.7. The van der Waals surface area contributed by atoms with E-state index < -0.39 is 5.97 Å². The number of carbonyl (C=O) groups excluding carboxylic acids is 2. The highest BCUT2D eigenvalue weighted by molar-refractivity contribution is 7.99. The third kappa shape index (κ3) is 6.11. The Morgan fingerprint density at radius 2 is 1.84 bits per heavy atom. The van der Waals surface area contributed by atoms with E-state index in [1.165, 1.54) is 24.9 Å². The van der Waals surface area contributed by atoms with Gasteiger partial charge in [0.05, 0.1) is 7.11 Å². The van der Waals surface area contributed by atoms with Gasteiger partial charge in [-0.3, -0.25) is 9.59 Å². The summed E-state index contributed by atoms with van der Waals surface area (Å²) in [4.78, 5) is 24.0. The van der Waals surface area contributed by atoms with E-state index in [4.69, 9.17) is 9.47 Å². The molecule has 2 aromatic rings. The van der Waals surface area contributed by atoms with Gasteiger partial charge in [0.15, 0.2) is 0 Å². The van der Waals surface area contributed by atoms with Crippen LogP contribution in [0.1, 0.15) is 10.4 Å². The molecule has 0 saturated carbocycles. The van der Waals surface area contributed by atoms with Gasteiger partial charge in [-0.05, 0) is 36.4 Å². The fourth-order valence-electron chi connectivity index (χ4n) is 1.92. The van der Waals surface area contributed by atoms with Crippen molar-refractivity contribution in [1.29, 1.82) is 0 Å². The molecule has 0 aliphatic carbocycles. The van der Waals surface area contributed by atoms with Crippen molar-refractivity contribution in [1.82, 2.24) is 5.32 Å². The van der Waals surface area contributed by atoms with E-state index in [0.717, 1.165) is 0 Å². The number of nitrogens with one attached hydrogen (secondary N) is 1. The van der Waals surface area contributed by atoms with Gasteiger partial charge < -0.3 is 14.8 Å². The van der Waals surface area contributed by atoms with Gasteiger partial charge in [0.2, 0.25) is 0 Å². The zero-order valence-corrected chi connectivity index (χ0v) is 14.5. The van der Waals surface area contributed by atoms with Gasteiger partial charge in [-0.25, -0.2) is 4.39 Å². The van der Waals surface area contributed by atoms with E-state index in [1.54, 1.807) is 42.5 Å². The number of hydrogen-bond acceptors (Lipinski definition) is 5. The van der Waals surface area contributed by atoms with Crippen molar-refractivity contribution in [2.75, 3.05) is 26.0 Å². The first-order valence-electron chi connectivity index (χ1n) is 7.55. The molecule has 2 aromatic carbocycles. The Morgan fingerprint density at radius 1 is 1.12 bits per heavy atom. The molecule has 5 nitrogen and oxygen atoms in total. The molecule has 1 N–H and O–H groups in total. The standard InChI is InChI=1S/C18H18FNO4S/c1-23-14-8-6-13(7-9-14)18(22)20-12-17(21)24-10-11-25-16-5-3-2-4-15(16)19/h2-9H,10-12H2,1H3,(H,20,22). The maximum absolute atomic E-state index is 13.4. The Balaban J connectivity index is 1.66. The smallest absolute Gasteiger partial charge is 0.325 e. The highest BCUT2D eigenvalue weighted by atomic mass is 32.2. The van der Waals surface area contributed by atoms with Crippen molar-refractivity contribution < 1.29 is 23.5 Å². The number of esters is 1. The number of benzene rings is 2. The molecular weight excluding hydrogens is 345 g/mol. The molecule has 0 aliphatic heterocycles. The summed E-state index contributed by atoms with van der Waals surface area (Å²) in [6.45, 7) is -0.0918. The van der Waals surface area contributed by atoms with E-state index >= 15 is 0 Å². The molecule has 0 radical (unpaired) electrons. The Bertz CT molecular complexity index is 721. The zero-order chi connectivity index (χ0) is 18.1. The number of ether oxygens (including phenoxy) is 2. The molecule has 0 unspecified atom stereocenters. The van der Waals surface area contributed by atoms with E-state index in [1.807, 2.05) is 0 Å². The molecule has 0 heterocycles. The Hall–Kier alpha value is -2.54. The minimum atomic E-state index is -0.545. The molecule has 0 aliphatic rings. The lowest BCUT2D eigenvalue weighted by Gasteiger charge is -2.07. The molecule has 0 bridgehead atoms. The molecule has 0 spiro atoms. The summed E-state index contributed by atoms with van der Waals surface area (Å²) >= 11 is 1.26. The number of amides is 1. The Labute approximate surface area is 149 Å². The molecular formula is C18H18FNO4S. The number of carbonyl (C=O) groups is 2. The Morgan fingerprint density at radius 3 is 2.52 bits per heavy atom. The maximum Gasteiger partial charge on any atom is 0.325 e. The fraction of sp³-hybridized carbons (Fsp3) is 0.222. The van der Waals surface area contributed by atoms with Crippen LogP contribution < -0.4 is 10.1 Å². The third-order valence-corrected chi connectivity index (χ3v) is 4.20. The fourth-order valence-corrected chi connectivity index (χ4v) is 2.68. The van der Waals surface area contributed by atoms with Crippen LogP contribution >= 0.6 is 11.8 Å². The molecule has 0 atom stereocenters. The van der Waals surface area contributed by atoms with Crippen molar-refractivity contribution in [3.63, 3.8) is 0 Å². The molecule has 2 rings (SSSR count). The first-order valence-corrected chi connectivity index (χ1v) is 8.54. The van der Waals surface area contributed by atoms with Crippen LogP contribution in [0.2, 0.25) is 0 Å². The van der Waals surface area contributed by atoms with Crippen LogP contribution in [0, 0.1) is 5.82 Å². The normalized spacial score (nSPS) is 10.2. The van der Waals surface area contributed by atoms with Crippen molar-refractivity contribution in [2.24, 2.45) is 0 Å². The van der Waals surface area contributed by atoms with Crippen LogP contribution in [0.25, 0.3) is 0 Å². The first kappa shape index (κ1) is 18.8. The first-order chi connectivity index (χ1) is 12.1. The summed E-state index contributed by atoms with van der Waals surface area (Å²) in [7, 11) is 1.54. The predicted octanol–water partition coefficient (Wildman–Crippen LogP) is 2.90. The number of thioether (sulfide) groups is 1. The minimum absolute atomic E-state index is 0.135. The SMILES string of the molecule is COc1ccc(C(=O)NCC(=O)OCCSc2ccccc2F)cc1. The highest BCUT2D eigenvalue weighted by Gasteiger charge is 2.09. The summed E-state index contributed by atoms with van der Waals surface area (Å²) in [6, 6.07) is 12.9. The van der Waals surface area contributed by atoms with Gasteiger partial charge >= 0.3 is 5.97 Å². The second-order valence-electron chi connectivity index (χ2n) is 4.91. The van der Waals surface area contributed by atoms with Gasteiger partial charge in [0, 0.05) is 16.2 Å². The quantitative estimate of drug-likeness (QED) is 0.444. The molecule has 1 amide bonds. The van der Waals surface area contributed by atoms with Crippen LogP contribution in [-0.4, -0.2) is 37.9 Å².